The minimum absolute atomic E-state index is 0.0641. The van der Waals surface area contributed by atoms with Crippen molar-refractivity contribution in [1.29, 1.82) is 0 Å². The van der Waals surface area contributed by atoms with Gasteiger partial charge in [-0.05, 0) is 42.5 Å². The van der Waals surface area contributed by atoms with Gasteiger partial charge in [-0.2, -0.15) is 0 Å². The molecule has 1 aliphatic heterocycles. The second-order valence-electron chi connectivity index (χ2n) is 7.79. The van der Waals surface area contributed by atoms with Gasteiger partial charge in [-0.25, -0.2) is 0 Å². The molecule has 29 heavy (non-hydrogen) atoms. The first-order chi connectivity index (χ1) is 14.2. The minimum Gasteiger partial charge on any atom is -0.371 e. The van der Waals surface area contributed by atoms with Crippen LogP contribution in [0.4, 0.5) is 0 Å². The molecule has 0 fully saturated rings. The molecule has 0 saturated heterocycles. The fourth-order valence-corrected chi connectivity index (χ4v) is 4.03. The molecule has 0 radical (unpaired) electrons. The molecule has 0 spiro atoms. The zero-order valence-corrected chi connectivity index (χ0v) is 17.2. The van der Waals surface area contributed by atoms with E-state index >= 15 is 0 Å². The molecule has 0 aromatic heterocycles. The highest BCUT2D eigenvalue weighted by Crippen LogP contribution is 2.41. The first kappa shape index (κ1) is 19.6. The molecule has 3 aromatic rings. The topological polar surface area (TPSA) is 18.5 Å². The Hall–Kier alpha value is -2.68. The van der Waals surface area contributed by atoms with Gasteiger partial charge in [0.25, 0.3) is 0 Å². The summed E-state index contributed by atoms with van der Waals surface area (Å²) in [5.41, 5.74) is 5.43. The molecule has 0 amide bonds. The van der Waals surface area contributed by atoms with Gasteiger partial charge in [0.15, 0.2) is 0 Å². The molecule has 1 unspecified atom stereocenters. The summed E-state index contributed by atoms with van der Waals surface area (Å²) >= 11 is 0. The first-order valence-corrected chi connectivity index (χ1v) is 10.3. The van der Waals surface area contributed by atoms with Crippen LogP contribution in [0.1, 0.15) is 37.0 Å². The summed E-state index contributed by atoms with van der Waals surface area (Å²) in [6.45, 7) is 5.57. The highest BCUT2D eigenvalue weighted by Gasteiger charge is 2.38. The molecule has 2 nitrogen and oxygen atoms in total. The molecule has 1 heterocycles. The van der Waals surface area contributed by atoms with Crippen LogP contribution in [-0.4, -0.2) is 19.3 Å². The van der Waals surface area contributed by atoms with Crippen molar-refractivity contribution >= 4 is 0 Å². The number of hydrogen-bond donors (Lipinski definition) is 0. The third-order valence-corrected chi connectivity index (χ3v) is 5.82. The van der Waals surface area contributed by atoms with Crippen LogP contribution in [0.3, 0.4) is 0 Å². The molecule has 0 N–H and O–H groups in total. The average molecular weight is 385 g/mol. The number of ether oxygens (including phenoxy) is 2. The molecule has 3 aromatic carbocycles. The number of benzene rings is 3. The van der Waals surface area contributed by atoms with Gasteiger partial charge in [0.05, 0.1) is 19.3 Å². The number of rotatable bonds is 6. The summed E-state index contributed by atoms with van der Waals surface area (Å²) < 4.78 is 12.9. The van der Waals surface area contributed by atoms with Gasteiger partial charge in [0.2, 0.25) is 0 Å². The lowest BCUT2D eigenvalue weighted by atomic mass is 9.80. The van der Waals surface area contributed by atoms with Gasteiger partial charge >= 0.3 is 0 Å². The maximum atomic E-state index is 6.86. The summed E-state index contributed by atoms with van der Waals surface area (Å²) in [6, 6.07) is 31.5. The Morgan fingerprint density at radius 2 is 1.17 bits per heavy atom. The summed E-state index contributed by atoms with van der Waals surface area (Å²) in [5, 5.41) is 0. The lowest BCUT2D eigenvalue weighted by Gasteiger charge is -2.37. The first-order valence-electron chi connectivity index (χ1n) is 10.3. The number of hydrogen-bond acceptors (Lipinski definition) is 2. The summed E-state index contributed by atoms with van der Waals surface area (Å²) in [5.74, 6) is 0. The summed E-state index contributed by atoms with van der Waals surface area (Å²) in [4.78, 5) is 0. The van der Waals surface area contributed by atoms with E-state index in [-0.39, 0.29) is 6.10 Å². The standard InChI is InChI=1S/C27H28O2/c1-21-18-26(28-19-22(21)2)20-29-27(23-12-6-3-7-13-23,24-14-8-4-9-15-24)25-16-10-5-11-17-25/h3-17,26H,18-20H2,1-2H3. The van der Waals surface area contributed by atoms with Crippen molar-refractivity contribution in [2.75, 3.05) is 13.2 Å². The predicted molar refractivity (Wildman–Crippen MR) is 118 cm³/mol. The molecule has 4 rings (SSSR count). The van der Waals surface area contributed by atoms with Crippen molar-refractivity contribution in [3.8, 4) is 0 Å². The van der Waals surface area contributed by atoms with E-state index in [1.165, 1.54) is 11.1 Å². The second-order valence-corrected chi connectivity index (χ2v) is 7.79. The van der Waals surface area contributed by atoms with E-state index in [0.717, 1.165) is 23.1 Å². The van der Waals surface area contributed by atoms with Crippen LogP contribution in [0, 0.1) is 0 Å². The average Bonchev–Trinajstić information content (AvgIpc) is 2.79. The van der Waals surface area contributed by atoms with E-state index < -0.39 is 5.60 Å². The van der Waals surface area contributed by atoms with E-state index in [9.17, 15) is 0 Å². The van der Waals surface area contributed by atoms with Gasteiger partial charge in [-0.3, -0.25) is 0 Å². The molecule has 1 aliphatic rings. The second kappa shape index (κ2) is 8.77. The molecule has 0 aliphatic carbocycles. The fourth-order valence-electron chi connectivity index (χ4n) is 4.03. The van der Waals surface area contributed by atoms with Crippen molar-refractivity contribution in [2.45, 2.75) is 32.0 Å². The van der Waals surface area contributed by atoms with Crippen molar-refractivity contribution in [3.05, 3.63) is 119 Å². The van der Waals surface area contributed by atoms with E-state index in [1.54, 1.807) is 0 Å². The molecular formula is C27H28O2. The largest absolute Gasteiger partial charge is 0.371 e. The highest BCUT2D eigenvalue weighted by atomic mass is 16.5. The van der Waals surface area contributed by atoms with E-state index in [2.05, 4.69) is 86.6 Å². The molecule has 0 saturated carbocycles. The molecule has 148 valence electrons. The molecule has 2 heteroatoms. The van der Waals surface area contributed by atoms with Crippen LogP contribution in [0.15, 0.2) is 102 Å². The normalized spacial score (nSPS) is 17.4. The summed E-state index contributed by atoms with van der Waals surface area (Å²) in [6.07, 6.45) is 0.981. The van der Waals surface area contributed by atoms with Gasteiger partial charge in [0, 0.05) is 0 Å². The lowest BCUT2D eigenvalue weighted by molar-refractivity contribution is -0.0638. The van der Waals surface area contributed by atoms with Crippen LogP contribution in [0.25, 0.3) is 0 Å². The van der Waals surface area contributed by atoms with E-state index in [1.807, 2.05) is 18.2 Å². The Balaban J connectivity index is 1.78. The van der Waals surface area contributed by atoms with Crippen molar-refractivity contribution < 1.29 is 9.47 Å². The lowest BCUT2D eigenvalue weighted by Crippen LogP contribution is -2.37. The van der Waals surface area contributed by atoms with E-state index in [0.29, 0.717) is 13.2 Å². The van der Waals surface area contributed by atoms with Crippen molar-refractivity contribution in [3.63, 3.8) is 0 Å². The predicted octanol–water partition coefficient (Wildman–Crippen LogP) is 6.12. The monoisotopic (exact) mass is 384 g/mol. The SMILES string of the molecule is CC1=C(C)CC(COC(c2ccccc2)(c2ccccc2)c2ccccc2)OC1. The Kier molecular flexibility index (Phi) is 5.94. The molecule has 0 bridgehead atoms. The molecular weight excluding hydrogens is 356 g/mol. The van der Waals surface area contributed by atoms with Crippen LogP contribution >= 0.6 is 0 Å². The van der Waals surface area contributed by atoms with Crippen LogP contribution in [0.2, 0.25) is 0 Å². The maximum absolute atomic E-state index is 6.86. The third kappa shape index (κ3) is 4.05. The quantitative estimate of drug-likeness (QED) is 0.376. The van der Waals surface area contributed by atoms with Crippen LogP contribution < -0.4 is 0 Å². The van der Waals surface area contributed by atoms with Gasteiger partial charge in [-0.15, -0.1) is 0 Å². The van der Waals surface area contributed by atoms with E-state index in [4.69, 9.17) is 9.47 Å². The fraction of sp³-hybridized carbons (Fsp3) is 0.259. The minimum atomic E-state index is -0.683. The zero-order valence-electron chi connectivity index (χ0n) is 17.2. The Labute approximate surface area is 173 Å². The Bertz CT molecular complexity index is 849. The van der Waals surface area contributed by atoms with Crippen molar-refractivity contribution in [2.24, 2.45) is 0 Å². The van der Waals surface area contributed by atoms with Crippen LogP contribution in [-0.2, 0) is 15.1 Å². The zero-order chi connectivity index (χ0) is 20.1. The summed E-state index contributed by atoms with van der Waals surface area (Å²) in [7, 11) is 0. The smallest absolute Gasteiger partial charge is 0.143 e. The third-order valence-electron chi connectivity index (χ3n) is 5.82. The Morgan fingerprint density at radius 3 is 1.59 bits per heavy atom. The van der Waals surface area contributed by atoms with Gasteiger partial charge < -0.3 is 9.47 Å². The Morgan fingerprint density at radius 1 is 0.724 bits per heavy atom. The maximum Gasteiger partial charge on any atom is 0.143 e. The molecule has 1 atom stereocenters. The highest BCUT2D eigenvalue weighted by molar-refractivity contribution is 5.47. The van der Waals surface area contributed by atoms with Crippen LogP contribution in [0.5, 0.6) is 0 Å². The van der Waals surface area contributed by atoms with Gasteiger partial charge in [-0.1, -0.05) is 96.6 Å². The van der Waals surface area contributed by atoms with Crippen molar-refractivity contribution in [1.82, 2.24) is 0 Å². The van der Waals surface area contributed by atoms with Gasteiger partial charge in [0.1, 0.15) is 5.60 Å².